The van der Waals surface area contributed by atoms with Gasteiger partial charge in [-0.05, 0) is 48.4 Å². The zero-order valence-electron chi connectivity index (χ0n) is 15.5. The fourth-order valence-electron chi connectivity index (χ4n) is 2.71. The maximum absolute atomic E-state index is 12.5. The summed E-state index contributed by atoms with van der Waals surface area (Å²) in [6.07, 6.45) is 1.56. The molecule has 1 atom stereocenters. The second kappa shape index (κ2) is 9.20. The van der Waals surface area contributed by atoms with Crippen molar-refractivity contribution in [3.8, 4) is 17.6 Å². The molecule has 0 aliphatic rings. The Balaban J connectivity index is 1.74. The molecule has 28 heavy (non-hydrogen) atoms. The minimum Gasteiger partial charge on any atom is -0.457 e. The first kappa shape index (κ1) is 18.9. The second-order valence-electron chi connectivity index (χ2n) is 6.26. The number of benzene rings is 3. The average molecular weight is 368 g/mol. The van der Waals surface area contributed by atoms with Gasteiger partial charge in [0.2, 0.25) is 0 Å². The predicted molar refractivity (Wildman–Crippen MR) is 110 cm³/mol. The van der Waals surface area contributed by atoms with E-state index in [0.717, 1.165) is 11.3 Å². The van der Waals surface area contributed by atoms with Crippen molar-refractivity contribution in [2.75, 3.05) is 0 Å². The summed E-state index contributed by atoms with van der Waals surface area (Å²) in [5.74, 6) is 0.946. The van der Waals surface area contributed by atoms with Crippen molar-refractivity contribution < 1.29 is 9.53 Å². The van der Waals surface area contributed by atoms with E-state index in [4.69, 9.17) is 4.74 Å². The Morgan fingerprint density at radius 3 is 2.29 bits per heavy atom. The third kappa shape index (κ3) is 5.09. The van der Waals surface area contributed by atoms with Gasteiger partial charge in [-0.25, -0.2) is 0 Å². The number of hydrogen-bond donors (Lipinski definition) is 1. The highest BCUT2D eigenvalue weighted by Gasteiger charge is 2.13. The lowest BCUT2D eigenvalue weighted by Gasteiger charge is -2.13. The van der Waals surface area contributed by atoms with Crippen LogP contribution in [0.25, 0.3) is 6.08 Å². The summed E-state index contributed by atoms with van der Waals surface area (Å²) in [7, 11) is 0. The highest BCUT2D eigenvalue weighted by atomic mass is 16.5. The standard InChI is InChI=1S/C24H20N2O2/c1-18(20-10-4-2-5-11-20)26-24(27)21(17-25)15-19-9-8-14-23(16-19)28-22-12-6-3-7-13-22/h2-16,18H,1H3,(H,26,27)/b21-15+. The Hall–Kier alpha value is -3.84. The molecule has 3 rings (SSSR count). The summed E-state index contributed by atoms with van der Waals surface area (Å²) >= 11 is 0. The summed E-state index contributed by atoms with van der Waals surface area (Å²) in [6.45, 7) is 1.89. The smallest absolute Gasteiger partial charge is 0.262 e. The maximum atomic E-state index is 12.5. The quantitative estimate of drug-likeness (QED) is 0.477. The molecule has 0 fully saturated rings. The molecule has 0 aromatic heterocycles. The van der Waals surface area contributed by atoms with Crippen LogP contribution in [0.15, 0.2) is 90.5 Å². The zero-order valence-corrected chi connectivity index (χ0v) is 15.5. The van der Waals surface area contributed by atoms with Gasteiger partial charge >= 0.3 is 0 Å². The van der Waals surface area contributed by atoms with Crippen LogP contribution in [0.5, 0.6) is 11.5 Å². The number of rotatable bonds is 6. The third-order valence-electron chi connectivity index (χ3n) is 4.16. The summed E-state index contributed by atoms with van der Waals surface area (Å²) in [6, 6.07) is 28.1. The molecule has 3 aromatic rings. The van der Waals surface area contributed by atoms with Crippen molar-refractivity contribution in [3.63, 3.8) is 0 Å². The first-order chi connectivity index (χ1) is 13.7. The van der Waals surface area contributed by atoms with Gasteiger partial charge in [0.15, 0.2) is 0 Å². The van der Waals surface area contributed by atoms with Gasteiger partial charge in [0.25, 0.3) is 5.91 Å². The largest absolute Gasteiger partial charge is 0.457 e. The Labute approximate surface area is 164 Å². The van der Waals surface area contributed by atoms with Crippen LogP contribution in [0.1, 0.15) is 24.1 Å². The van der Waals surface area contributed by atoms with E-state index in [1.807, 2.05) is 91.9 Å². The molecule has 0 bridgehead atoms. The number of carbonyl (C=O) groups is 1. The van der Waals surface area contributed by atoms with Crippen molar-refractivity contribution in [1.29, 1.82) is 5.26 Å². The number of carbonyl (C=O) groups excluding carboxylic acids is 1. The van der Waals surface area contributed by atoms with E-state index >= 15 is 0 Å². The molecule has 0 saturated heterocycles. The molecule has 0 aliphatic carbocycles. The minimum absolute atomic E-state index is 0.0413. The first-order valence-corrected chi connectivity index (χ1v) is 8.96. The van der Waals surface area contributed by atoms with Crippen molar-refractivity contribution in [3.05, 3.63) is 102 Å². The summed E-state index contributed by atoms with van der Waals surface area (Å²) in [5, 5.41) is 12.3. The molecule has 0 saturated carbocycles. The van der Waals surface area contributed by atoms with Crippen molar-refractivity contribution in [2.24, 2.45) is 0 Å². The number of hydrogen-bond acceptors (Lipinski definition) is 3. The monoisotopic (exact) mass is 368 g/mol. The van der Waals surface area contributed by atoms with E-state index in [-0.39, 0.29) is 11.6 Å². The number of nitriles is 1. The van der Waals surface area contributed by atoms with Crippen molar-refractivity contribution in [1.82, 2.24) is 5.32 Å². The van der Waals surface area contributed by atoms with Gasteiger partial charge < -0.3 is 10.1 Å². The lowest BCUT2D eigenvalue weighted by Crippen LogP contribution is -2.27. The molecule has 1 unspecified atom stereocenters. The van der Waals surface area contributed by atoms with Crippen LogP contribution in [0.4, 0.5) is 0 Å². The predicted octanol–water partition coefficient (Wildman–Crippen LogP) is 5.26. The third-order valence-corrected chi connectivity index (χ3v) is 4.16. The van der Waals surface area contributed by atoms with Gasteiger partial charge in [-0.1, -0.05) is 60.7 Å². The molecule has 4 nitrogen and oxygen atoms in total. The van der Waals surface area contributed by atoms with Gasteiger partial charge in [-0.2, -0.15) is 5.26 Å². The molecule has 1 amide bonds. The molecule has 0 aliphatic heterocycles. The highest BCUT2D eigenvalue weighted by molar-refractivity contribution is 6.01. The Kier molecular flexibility index (Phi) is 6.22. The van der Waals surface area contributed by atoms with Crippen LogP contribution < -0.4 is 10.1 Å². The van der Waals surface area contributed by atoms with Crippen molar-refractivity contribution >= 4 is 12.0 Å². The number of ether oxygens (including phenoxy) is 1. The Morgan fingerprint density at radius 1 is 0.964 bits per heavy atom. The van der Waals surface area contributed by atoms with E-state index in [0.29, 0.717) is 11.3 Å². The Morgan fingerprint density at radius 2 is 1.61 bits per heavy atom. The number of nitrogens with one attached hydrogen (secondary N) is 1. The lowest BCUT2D eigenvalue weighted by atomic mass is 10.1. The first-order valence-electron chi connectivity index (χ1n) is 8.96. The maximum Gasteiger partial charge on any atom is 0.262 e. The lowest BCUT2D eigenvalue weighted by molar-refractivity contribution is -0.117. The Bertz CT molecular complexity index is 1010. The molecular formula is C24H20N2O2. The van der Waals surface area contributed by atoms with Gasteiger partial charge in [0.1, 0.15) is 23.1 Å². The molecule has 0 radical (unpaired) electrons. The fourth-order valence-corrected chi connectivity index (χ4v) is 2.71. The van der Waals surface area contributed by atoms with E-state index in [9.17, 15) is 10.1 Å². The zero-order chi connectivity index (χ0) is 19.8. The molecule has 3 aromatic carbocycles. The number of para-hydroxylation sites is 1. The van der Waals surface area contributed by atoms with E-state index in [1.54, 1.807) is 12.1 Å². The summed E-state index contributed by atoms with van der Waals surface area (Å²) in [4.78, 5) is 12.5. The SMILES string of the molecule is CC(NC(=O)/C(C#N)=C/c1cccc(Oc2ccccc2)c1)c1ccccc1. The molecule has 1 N–H and O–H groups in total. The van der Waals surface area contributed by atoms with E-state index in [2.05, 4.69) is 5.32 Å². The van der Waals surface area contributed by atoms with E-state index in [1.165, 1.54) is 0 Å². The van der Waals surface area contributed by atoms with Crippen LogP contribution in [-0.4, -0.2) is 5.91 Å². The molecule has 138 valence electrons. The molecule has 0 heterocycles. The minimum atomic E-state index is -0.409. The molecule has 4 heteroatoms. The van der Waals surface area contributed by atoms with Crippen LogP contribution in [0.2, 0.25) is 0 Å². The van der Waals surface area contributed by atoms with Crippen LogP contribution in [0.3, 0.4) is 0 Å². The second-order valence-corrected chi connectivity index (χ2v) is 6.26. The molecule has 0 spiro atoms. The van der Waals surface area contributed by atoms with Crippen LogP contribution in [0, 0.1) is 11.3 Å². The highest BCUT2D eigenvalue weighted by Crippen LogP contribution is 2.23. The molecular weight excluding hydrogens is 348 g/mol. The summed E-state index contributed by atoms with van der Waals surface area (Å²) in [5.41, 5.74) is 1.73. The fraction of sp³-hybridized carbons (Fsp3) is 0.0833. The number of nitrogens with zero attached hydrogens (tertiary/aromatic N) is 1. The van der Waals surface area contributed by atoms with Gasteiger partial charge in [0.05, 0.1) is 6.04 Å². The van der Waals surface area contributed by atoms with Crippen LogP contribution in [-0.2, 0) is 4.79 Å². The van der Waals surface area contributed by atoms with Crippen LogP contribution >= 0.6 is 0 Å². The average Bonchev–Trinajstić information content (AvgIpc) is 2.73. The van der Waals surface area contributed by atoms with Crippen molar-refractivity contribution in [2.45, 2.75) is 13.0 Å². The van der Waals surface area contributed by atoms with Gasteiger partial charge in [-0.15, -0.1) is 0 Å². The topological polar surface area (TPSA) is 62.1 Å². The number of amides is 1. The van der Waals surface area contributed by atoms with E-state index < -0.39 is 5.91 Å². The van der Waals surface area contributed by atoms with Gasteiger partial charge in [0, 0.05) is 0 Å². The normalized spacial score (nSPS) is 11.9. The summed E-state index contributed by atoms with van der Waals surface area (Å²) < 4.78 is 5.80. The van der Waals surface area contributed by atoms with Gasteiger partial charge in [-0.3, -0.25) is 4.79 Å².